The minimum Gasteiger partial charge on any atom is -0.338 e. The van der Waals surface area contributed by atoms with Gasteiger partial charge in [-0.25, -0.2) is 0 Å². The van der Waals surface area contributed by atoms with Gasteiger partial charge in [0, 0.05) is 24.7 Å². The van der Waals surface area contributed by atoms with E-state index in [0.29, 0.717) is 24.3 Å². The maximum Gasteiger partial charge on any atom is 0.241 e. The third kappa shape index (κ3) is 2.20. The first kappa shape index (κ1) is 10.4. The highest BCUT2D eigenvalue weighted by Crippen LogP contribution is 2.16. The lowest BCUT2D eigenvalue weighted by atomic mass is 10.1. The standard InChI is InChI=1S/C12H14N4O/c13-10-6-16(7-10)8-11-14-12(15-17-11)9-4-2-1-3-5-9/h1-5,10H,6-8,13H2. The van der Waals surface area contributed by atoms with Crippen LogP contribution in [0.15, 0.2) is 34.9 Å². The number of nitrogens with zero attached hydrogens (tertiary/aromatic N) is 3. The third-order valence-corrected chi connectivity index (χ3v) is 2.84. The minimum atomic E-state index is 0.298. The van der Waals surface area contributed by atoms with E-state index in [9.17, 15) is 0 Å². The van der Waals surface area contributed by atoms with Crippen molar-refractivity contribution in [3.63, 3.8) is 0 Å². The Morgan fingerprint density at radius 3 is 2.76 bits per heavy atom. The lowest BCUT2D eigenvalue weighted by molar-refractivity contribution is 0.125. The number of nitrogens with two attached hydrogens (primary N) is 1. The largest absolute Gasteiger partial charge is 0.338 e. The summed E-state index contributed by atoms with van der Waals surface area (Å²) in [6, 6.07) is 10.1. The van der Waals surface area contributed by atoms with Gasteiger partial charge >= 0.3 is 0 Å². The fourth-order valence-corrected chi connectivity index (χ4v) is 1.95. The highest BCUT2D eigenvalue weighted by molar-refractivity contribution is 5.53. The minimum absolute atomic E-state index is 0.298. The van der Waals surface area contributed by atoms with Gasteiger partial charge in [-0.1, -0.05) is 35.5 Å². The average Bonchev–Trinajstić information content (AvgIpc) is 2.77. The first-order valence-corrected chi connectivity index (χ1v) is 5.67. The van der Waals surface area contributed by atoms with Gasteiger partial charge in [-0.15, -0.1) is 0 Å². The van der Waals surface area contributed by atoms with E-state index in [2.05, 4.69) is 15.0 Å². The van der Waals surface area contributed by atoms with Gasteiger partial charge in [-0.3, -0.25) is 4.90 Å². The van der Waals surface area contributed by atoms with Gasteiger partial charge in [0.15, 0.2) is 0 Å². The van der Waals surface area contributed by atoms with Gasteiger partial charge in [0.25, 0.3) is 0 Å². The van der Waals surface area contributed by atoms with Crippen molar-refractivity contribution in [3.8, 4) is 11.4 Å². The molecular formula is C12H14N4O. The number of rotatable bonds is 3. The van der Waals surface area contributed by atoms with Crippen molar-refractivity contribution in [2.75, 3.05) is 13.1 Å². The predicted molar refractivity (Wildman–Crippen MR) is 63.0 cm³/mol. The van der Waals surface area contributed by atoms with Crippen LogP contribution in [0.1, 0.15) is 5.89 Å². The van der Waals surface area contributed by atoms with Gasteiger partial charge in [0.1, 0.15) is 0 Å². The van der Waals surface area contributed by atoms with Crippen LogP contribution in [-0.2, 0) is 6.54 Å². The molecule has 3 rings (SSSR count). The monoisotopic (exact) mass is 230 g/mol. The normalized spacial score (nSPS) is 17.0. The molecule has 0 unspecified atom stereocenters. The summed E-state index contributed by atoms with van der Waals surface area (Å²) >= 11 is 0. The molecule has 5 nitrogen and oxygen atoms in total. The van der Waals surface area contributed by atoms with Gasteiger partial charge in [-0.2, -0.15) is 4.98 Å². The molecule has 0 aliphatic carbocycles. The topological polar surface area (TPSA) is 68.2 Å². The van der Waals surface area contributed by atoms with E-state index in [0.717, 1.165) is 18.7 Å². The van der Waals surface area contributed by atoms with Crippen molar-refractivity contribution >= 4 is 0 Å². The van der Waals surface area contributed by atoms with Crippen LogP contribution in [0, 0.1) is 0 Å². The molecule has 1 aliphatic rings. The number of benzene rings is 1. The number of aromatic nitrogens is 2. The lowest BCUT2D eigenvalue weighted by Crippen LogP contribution is -2.54. The summed E-state index contributed by atoms with van der Waals surface area (Å²) in [4.78, 5) is 6.55. The van der Waals surface area contributed by atoms with E-state index in [1.165, 1.54) is 0 Å². The molecule has 5 heteroatoms. The fraction of sp³-hybridized carbons (Fsp3) is 0.333. The number of hydrogen-bond acceptors (Lipinski definition) is 5. The summed E-state index contributed by atoms with van der Waals surface area (Å²) in [6.45, 7) is 2.50. The Bertz CT molecular complexity index is 490. The summed E-state index contributed by atoms with van der Waals surface area (Å²) in [7, 11) is 0. The molecule has 1 aromatic heterocycles. The fourth-order valence-electron chi connectivity index (χ4n) is 1.95. The zero-order chi connectivity index (χ0) is 11.7. The maximum atomic E-state index is 5.71. The molecule has 1 fully saturated rings. The number of likely N-dealkylation sites (tertiary alicyclic amines) is 1. The van der Waals surface area contributed by atoms with Gasteiger partial charge in [0.05, 0.1) is 6.54 Å². The zero-order valence-electron chi connectivity index (χ0n) is 9.41. The molecular weight excluding hydrogens is 216 g/mol. The molecule has 0 bridgehead atoms. The Morgan fingerprint density at radius 2 is 2.06 bits per heavy atom. The average molecular weight is 230 g/mol. The molecule has 88 valence electrons. The summed E-state index contributed by atoms with van der Waals surface area (Å²) in [5.41, 5.74) is 6.69. The Kier molecular flexibility index (Phi) is 2.62. The van der Waals surface area contributed by atoms with Crippen LogP contribution in [0.2, 0.25) is 0 Å². The molecule has 2 heterocycles. The first-order valence-electron chi connectivity index (χ1n) is 5.67. The smallest absolute Gasteiger partial charge is 0.241 e. The van der Waals surface area contributed by atoms with E-state index >= 15 is 0 Å². The van der Waals surface area contributed by atoms with Crippen LogP contribution < -0.4 is 5.73 Å². The molecule has 2 N–H and O–H groups in total. The van der Waals surface area contributed by atoms with Crippen LogP contribution in [-0.4, -0.2) is 34.2 Å². The second kappa shape index (κ2) is 4.27. The predicted octanol–water partition coefficient (Wildman–Crippen LogP) is 0.879. The van der Waals surface area contributed by atoms with E-state index in [-0.39, 0.29) is 0 Å². The van der Waals surface area contributed by atoms with E-state index in [4.69, 9.17) is 10.3 Å². The Labute approximate surface area is 99.2 Å². The summed E-state index contributed by atoms with van der Waals surface area (Å²) in [5.74, 6) is 1.29. The molecule has 17 heavy (non-hydrogen) atoms. The van der Waals surface area contributed by atoms with E-state index in [1.54, 1.807) is 0 Å². The van der Waals surface area contributed by atoms with Crippen molar-refractivity contribution in [1.29, 1.82) is 0 Å². The molecule has 0 radical (unpaired) electrons. The quantitative estimate of drug-likeness (QED) is 0.847. The Balaban J connectivity index is 1.70. The van der Waals surface area contributed by atoms with Gasteiger partial charge < -0.3 is 10.3 Å². The molecule has 1 saturated heterocycles. The van der Waals surface area contributed by atoms with Crippen molar-refractivity contribution in [2.45, 2.75) is 12.6 Å². The molecule has 0 saturated carbocycles. The van der Waals surface area contributed by atoms with Crippen LogP contribution in [0.4, 0.5) is 0 Å². The molecule has 1 aliphatic heterocycles. The van der Waals surface area contributed by atoms with E-state index in [1.807, 2.05) is 30.3 Å². The number of hydrogen-bond donors (Lipinski definition) is 1. The maximum absolute atomic E-state index is 5.71. The van der Waals surface area contributed by atoms with Crippen molar-refractivity contribution in [2.24, 2.45) is 5.73 Å². The summed E-state index contributed by atoms with van der Waals surface area (Å²) < 4.78 is 5.22. The van der Waals surface area contributed by atoms with Gasteiger partial charge in [0.2, 0.25) is 11.7 Å². The SMILES string of the molecule is NC1CN(Cc2nc(-c3ccccc3)no2)C1. The van der Waals surface area contributed by atoms with Crippen LogP contribution in [0.3, 0.4) is 0 Å². The highest BCUT2D eigenvalue weighted by atomic mass is 16.5. The zero-order valence-corrected chi connectivity index (χ0v) is 9.41. The van der Waals surface area contributed by atoms with E-state index < -0.39 is 0 Å². The lowest BCUT2D eigenvalue weighted by Gasteiger charge is -2.35. The van der Waals surface area contributed by atoms with Crippen LogP contribution in [0.25, 0.3) is 11.4 Å². The molecule has 0 amide bonds. The second-order valence-corrected chi connectivity index (χ2v) is 4.33. The molecule has 0 spiro atoms. The Morgan fingerprint density at radius 1 is 1.29 bits per heavy atom. The molecule has 1 aromatic carbocycles. The van der Waals surface area contributed by atoms with Crippen molar-refractivity contribution in [3.05, 3.63) is 36.2 Å². The van der Waals surface area contributed by atoms with Crippen LogP contribution >= 0.6 is 0 Å². The van der Waals surface area contributed by atoms with Crippen LogP contribution in [0.5, 0.6) is 0 Å². The summed E-state index contributed by atoms with van der Waals surface area (Å²) in [5, 5.41) is 3.97. The third-order valence-electron chi connectivity index (χ3n) is 2.84. The molecule has 2 aromatic rings. The highest BCUT2D eigenvalue weighted by Gasteiger charge is 2.24. The molecule has 0 atom stereocenters. The Hall–Kier alpha value is -1.72. The summed E-state index contributed by atoms with van der Waals surface area (Å²) in [6.07, 6.45) is 0. The van der Waals surface area contributed by atoms with Gasteiger partial charge in [-0.05, 0) is 0 Å². The van der Waals surface area contributed by atoms with Crippen molar-refractivity contribution < 1.29 is 4.52 Å². The first-order chi connectivity index (χ1) is 8.31. The second-order valence-electron chi connectivity index (χ2n) is 4.33. The van der Waals surface area contributed by atoms with Crippen molar-refractivity contribution in [1.82, 2.24) is 15.0 Å².